The van der Waals surface area contributed by atoms with E-state index >= 15 is 0 Å². The molecule has 35 heavy (non-hydrogen) atoms. The molecule has 1 aliphatic heterocycles. The number of nitrogens with one attached hydrogen (secondary N) is 2. The maximum absolute atomic E-state index is 13.1. The smallest absolute Gasteiger partial charge is 0.410 e. The summed E-state index contributed by atoms with van der Waals surface area (Å²) in [5.74, 6) is -0.240. The molecule has 1 aromatic rings. The number of rotatable bonds is 7. The highest BCUT2D eigenvalue weighted by molar-refractivity contribution is 5.86. The largest absolute Gasteiger partial charge is 0.445 e. The number of nitrogens with zero attached hydrogens (tertiary/aromatic N) is 1. The predicted octanol–water partition coefficient (Wildman–Crippen LogP) is 3.59. The molecule has 0 aliphatic carbocycles. The van der Waals surface area contributed by atoms with Gasteiger partial charge in [-0.2, -0.15) is 0 Å². The van der Waals surface area contributed by atoms with Crippen molar-refractivity contribution in [2.24, 2.45) is 5.92 Å². The molecule has 9 nitrogen and oxygen atoms in total. The van der Waals surface area contributed by atoms with Crippen LogP contribution in [-0.2, 0) is 20.9 Å². The van der Waals surface area contributed by atoms with Gasteiger partial charge < -0.3 is 30.1 Å². The van der Waals surface area contributed by atoms with Gasteiger partial charge in [0.1, 0.15) is 18.2 Å². The van der Waals surface area contributed by atoms with Gasteiger partial charge in [-0.05, 0) is 58.4 Å². The zero-order chi connectivity index (χ0) is 26.2. The Morgan fingerprint density at radius 2 is 1.80 bits per heavy atom. The fourth-order valence-corrected chi connectivity index (χ4v) is 3.94. The van der Waals surface area contributed by atoms with Gasteiger partial charge in [-0.25, -0.2) is 9.59 Å². The fourth-order valence-electron chi connectivity index (χ4n) is 3.94. The molecule has 3 N–H and O–H groups in total. The Labute approximate surface area is 208 Å². The minimum atomic E-state index is -0.977. The number of amides is 3. The lowest BCUT2D eigenvalue weighted by molar-refractivity contribution is -0.125. The molecule has 0 bridgehead atoms. The number of likely N-dealkylation sites (tertiary alicyclic amines) is 1. The van der Waals surface area contributed by atoms with Crippen LogP contribution in [0, 0.1) is 5.92 Å². The number of carbonyl (C=O) groups is 3. The van der Waals surface area contributed by atoms with Crippen molar-refractivity contribution in [3.63, 3.8) is 0 Å². The van der Waals surface area contributed by atoms with E-state index in [1.54, 1.807) is 20.8 Å². The first-order valence-corrected chi connectivity index (χ1v) is 12.3. The van der Waals surface area contributed by atoms with E-state index in [0.29, 0.717) is 19.3 Å². The summed E-state index contributed by atoms with van der Waals surface area (Å²) < 4.78 is 10.8. The Morgan fingerprint density at radius 1 is 1.14 bits per heavy atom. The van der Waals surface area contributed by atoms with Gasteiger partial charge in [0.15, 0.2) is 0 Å². The molecule has 1 fully saturated rings. The average molecular weight is 492 g/mol. The van der Waals surface area contributed by atoms with Crippen LogP contribution < -0.4 is 10.6 Å². The van der Waals surface area contributed by atoms with Gasteiger partial charge in [-0.15, -0.1) is 0 Å². The summed E-state index contributed by atoms with van der Waals surface area (Å²) >= 11 is 0. The molecule has 1 aliphatic rings. The van der Waals surface area contributed by atoms with E-state index in [-0.39, 0.29) is 31.0 Å². The minimum absolute atomic E-state index is 0.0358. The molecule has 3 amide bonds. The molecule has 0 spiro atoms. The number of alkyl carbamates (subject to hydrolysis) is 1. The van der Waals surface area contributed by atoms with Crippen LogP contribution in [0.4, 0.5) is 9.59 Å². The number of benzene rings is 1. The third-order valence-electron chi connectivity index (χ3n) is 5.76. The number of hydrogen-bond acceptors (Lipinski definition) is 6. The topological polar surface area (TPSA) is 117 Å². The second kappa shape index (κ2) is 12.8. The third kappa shape index (κ3) is 9.76. The van der Waals surface area contributed by atoms with Crippen molar-refractivity contribution < 1.29 is 29.0 Å². The van der Waals surface area contributed by atoms with Crippen LogP contribution in [0.25, 0.3) is 0 Å². The first kappa shape index (κ1) is 28.4. The Morgan fingerprint density at radius 3 is 2.40 bits per heavy atom. The standard InChI is InChI=1S/C26H41N3O6/c1-17(2)14-21(28-24(32)35-26(4,5)6)23(31)27-20-13-12-18(3)29(15-22(20)30)25(33)34-16-19-10-8-7-9-11-19/h7-11,17-18,20-22,30H,12-16H2,1-6H3,(H,27,31)(H,28,32)/t18-,20+,21+,22?/m1/s1. The Balaban J connectivity index is 1.99. The Bertz CT molecular complexity index is 839. The lowest BCUT2D eigenvalue weighted by Gasteiger charge is -2.29. The molecule has 1 unspecified atom stereocenters. The van der Waals surface area contributed by atoms with Crippen LogP contribution in [-0.4, -0.2) is 64.5 Å². The van der Waals surface area contributed by atoms with Crippen molar-refractivity contribution in [3.8, 4) is 0 Å². The van der Waals surface area contributed by atoms with E-state index in [2.05, 4.69) is 10.6 Å². The summed E-state index contributed by atoms with van der Waals surface area (Å²) in [7, 11) is 0. The van der Waals surface area contributed by atoms with Crippen molar-refractivity contribution in [1.29, 1.82) is 0 Å². The van der Waals surface area contributed by atoms with Crippen LogP contribution in [0.3, 0.4) is 0 Å². The van der Waals surface area contributed by atoms with Crippen molar-refractivity contribution >= 4 is 18.1 Å². The number of hydrogen-bond donors (Lipinski definition) is 3. The summed E-state index contributed by atoms with van der Waals surface area (Å²) in [5.41, 5.74) is 0.192. The van der Waals surface area contributed by atoms with Crippen LogP contribution in [0.5, 0.6) is 0 Å². The van der Waals surface area contributed by atoms with E-state index in [1.165, 1.54) is 4.90 Å². The lowest BCUT2D eigenvalue weighted by Crippen LogP contribution is -2.54. The Kier molecular flexibility index (Phi) is 10.4. The van der Waals surface area contributed by atoms with Gasteiger partial charge in [0.2, 0.25) is 5.91 Å². The van der Waals surface area contributed by atoms with Crippen LogP contribution in [0.2, 0.25) is 0 Å². The quantitative estimate of drug-likeness (QED) is 0.537. The summed E-state index contributed by atoms with van der Waals surface area (Å²) in [6.45, 7) is 11.3. The normalized spacial score (nSPS) is 21.6. The number of aliphatic hydroxyl groups excluding tert-OH is 1. The number of ether oxygens (including phenoxy) is 2. The van der Waals surface area contributed by atoms with Crippen LogP contribution in [0.1, 0.15) is 66.4 Å². The zero-order valence-electron chi connectivity index (χ0n) is 21.7. The molecule has 1 heterocycles. The van der Waals surface area contributed by atoms with Gasteiger partial charge in [0.25, 0.3) is 0 Å². The van der Waals surface area contributed by atoms with Gasteiger partial charge >= 0.3 is 12.2 Å². The maximum Gasteiger partial charge on any atom is 0.410 e. The number of carbonyl (C=O) groups excluding carboxylic acids is 3. The maximum atomic E-state index is 13.1. The van der Waals surface area contributed by atoms with E-state index in [9.17, 15) is 19.5 Å². The van der Waals surface area contributed by atoms with Gasteiger partial charge in [0, 0.05) is 6.04 Å². The first-order valence-electron chi connectivity index (χ1n) is 12.3. The molecule has 196 valence electrons. The zero-order valence-corrected chi connectivity index (χ0v) is 21.7. The third-order valence-corrected chi connectivity index (χ3v) is 5.76. The van der Waals surface area contributed by atoms with Gasteiger partial charge in [-0.3, -0.25) is 4.79 Å². The lowest BCUT2D eigenvalue weighted by atomic mass is 10.0. The predicted molar refractivity (Wildman–Crippen MR) is 133 cm³/mol. The number of β-amino-alcohol motifs (C(OH)–C–C–N with tert-alkyl or cyclic N) is 1. The Hall–Kier alpha value is -2.81. The number of aliphatic hydroxyl groups is 1. The average Bonchev–Trinajstić information content (AvgIpc) is 2.89. The molecule has 0 radical (unpaired) electrons. The molecular formula is C26H41N3O6. The molecule has 0 aromatic heterocycles. The highest BCUT2D eigenvalue weighted by Gasteiger charge is 2.35. The summed E-state index contributed by atoms with van der Waals surface area (Å²) in [6.07, 6.45) is -0.664. The van der Waals surface area contributed by atoms with Crippen LogP contribution in [0.15, 0.2) is 30.3 Å². The summed E-state index contributed by atoms with van der Waals surface area (Å²) in [6, 6.07) is 7.86. The van der Waals surface area contributed by atoms with Crippen molar-refractivity contribution in [1.82, 2.24) is 15.5 Å². The molecule has 1 aromatic carbocycles. The second-order valence-corrected chi connectivity index (χ2v) is 10.6. The van der Waals surface area contributed by atoms with E-state index in [4.69, 9.17) is 9.47 Å². The van der Waals surface area contributed by atoms with Crippen molar-refractivity contribution in [2.75, 3.05) is 6.54 Å². The van der Waals surface area contributed by atoms with E-state index in [1.807, 2.05) is 51.1 Å². The highest BCUT2D eigenvalue weighted by Crippen LogP contribution is 2.20. The fraction of sp³-hybridized carbons (Fsp3) is 0.654. The second-order valence-electron chi connectivity index (χ2n) is 10.6. The highest BCUT2D eigenvalue weighted by atomic mass is 16.6. The van der Waals surface area contributed by atoms with Crippen LogP contribution >= 0.6 is 0 Å². The molecule has 0 saturated carbocycles. The van der Waals surface area contributed by atoms with E-state index in [0.717, 1.165) is 5.56 Å². The van der Waals surface area contributed by atoms with Crippen molar-refractivity contribution in [3.05, 3.63) is 35.9 Å². The monoisotopic (exact) mass is 491 g/mol. The molecule has 1 saturated heterocycles. The summed E-state index contributed by atoms with van der Waals surface area (Å²) in [4.78, 5) is 39.6. The first-order chi connectivity index (χ1) is 16.4. The molecular weight excluding hydrogens is 450 g/mol. The SMILES string of the molecule is CC(C)C[C@H](NC(=O)OC(C)(C)C)C(=O)N[C@H]1CC[C@@H](C)N(C(=O)OCc2ccccc2)CC1O. The van der Waals surface area contributed by atoms with Crippen molar-refractivity contribution in [2.45, 2.75) is 97.2 Å². The van der Waals surface area contributed by atoms with Gasteiger partial charge in [-0.1, -0.05) is 44.2 Å². The summed E-state index contributed by atoms with van der Waals surface area (Å²) in [5, 5.41) is 16.4. The minimum Gasteiger partial charge on any atom is -0.445 e. The molecule has 9 heteroatoms. The molecule has 2 rings (SSSR count). The molecule has 4 atom stereocenters. The van der Waals surface area contributed by atoms with Gasteiger partial charge in [0.05, 0.1) is 18.7 Å². The van der Waals surface area contributed by atoms with E-state index < -0.39 is 36.0 Å².